The van der Waals surface area contributed by atoms with Gasteiger partial charge in [0.15, 0.2) is 11.7 Å². The van der Waals surface area contributed by atoms with Crippen LogP contribution in [0.1, 0.15) is 36.6 Å². The lowest BCUT2D eigenvalue weighted by molar-refractivity contribution is 0.322. The summed E-state index contributed by atoms with van der Waals surface area (Å²) in [4.78, 5) is 4.58. The normalized spacial score (nSPS) is 16.8. The van der Waals surface area contributed by atoms with Crippen LogP contribution in [0.15, 0.2) is 58.0 Å². The number of aryl methyl sites for hydroxylation is 1. The van der Waals surface area contributed by atoms with Crippen LogP contribution in [0.25, 0.3) is 11.3 Å². The first-order valence-corrected chi connectivity index (χ1v) is 11.3. The summed E-state index contributed by atoms with van der Waals surface area (Å²) in [6.45, 7) is 2.82. The second-order valence-corrected chi connectivity index (χ2v) is 9.47. The minimum absolute atomic E-state index is 0.248. The van der Waals surface area contributed by atoms with Gasteiger partial charge in [-0.1, -0.05) is 6.07 Å². The first-order valence-electron chi connectivity index (χ1n) is 9.85. The number of sulfonamides is 1. The minimum atomic E-state index is -3.71. The molecule has 1 saturated carbocycles. The fourth-order valence-corrected chi connectivity index (χ4v) is 5.07. The van der Waals surface area contributed by atoms with Crippen molar-refractivity contribution >= 4 is 15.7 Å². The lowest BCUT2D eigenvalue weighted by Crippen LogP contribution is -2.31. The Morgan fingerprint density at radius 3 is 2.66 bits per heavy atom. The zero-order chi connectivity index (χ0) is 20.0. The summed E-state index contributed by atoms with van der Waals surface area (Å²) < 4.78 is 39.8. The predicted molar refractivity (Wildman–Crippen MR) is 110 cm³/mol. The summed E-state index contributed by atoms with van der Waals surface area (Å²) >= 11 is 0. The lowest BCUT2D eigenvalue weighted by atomic mass is 10.2. The van der Waals surface area contributed by atoms with Crippen molar-refractivity contribution in [2.75, 3.05) is 17.5 Å². The van der Waals surface area contributed by atoms with Gasteiger partial charge in [-0.05, 0) is 61.7 Å². The molecular weight excluding hydrogens is 388 g/mol. The SMILES string of the molecule is Cc1ccc2c(c1)N(S(=O)(=O)c1ccc(-c3cnc(C4CC4)o3)cc1)CCCO2. The summed E-state index contributed by atoms with van der Waals surface area (Å²) in [7, 11) is -3.71. The van der Waals surface area contributed by atoms with Crippen molar-refractivity contribution in [1.29, 1.82) is 0 Å². The molecule has 6 nitrogen and oxygen atoms in total. The summed E-state index contributed by atoms with van der Waals surface area (Å²) in [5, 5.41) is 0. The van der Waals surface area contributed by atoms with E-state index in [9.17, 15) is 8.42 Å². The Balaban J connectivity index is 1.47. The maximum atomic E-state index is 13.4. The van der Waals surface area contributed by atoms with E-state index in [-0.39, 0.29) is 4.90 Å². The zero-order valence-electron chi connectivity index (χ0n) is 16.2. The maximum Gasteiger partial charge on any atom is 0.264 e. The Hall–Kier alpha value is -2.80. The second-order valence-electron chi connectivity index (χ2n) is 7.61. The van der Waals surface area contributed by atoms with Gasteiger partial charge < -0.3 is 9.15 Å². The molecule has 2 aromatic carbocycles. The van der Waals surface area contributed by atoms with Gasteiger partial charge in [-0.2, -0.15) is 0 Å². The van der Waals surface area contributed by atoms with Crippen molar-refractivity contribution in [3.63, 3.8) is 0 Å². The van der Waals surface area contributed by atoms with Crippen LogP contribution < -0.4 is 9.04 Å². The Bertz CT molecular complexity index is 1150. The molecule has 0 N–H and O–H groups in total. The first kappa shape index (κ1) is 18.2. The zero-order valence-corrected chi connectivity index (χ0v) is 17.0. The van der Waals surface area contributed by atoms with Gasteiger partial charge in [0.1, 0.15) is 5.75 Å². The van der Waals surface area contributed by atoms with Gasteiger partial charge in [0.25, 0.3) is 10.0 Å². The van der Waals surface area contributed by atoms with Crippen molar-refractivity contribution in [1.82, 2.24) is 4.98 Å². The largest absolute Gasteiger partial charge is 0.491 e. The summed E-state index contributed by atoms with van der Waals surface area (Å²) in [5.41, 5.74) is 2.40. The average Bonchev–Trinajstić information content (AvgIpc) is 3.49. The number of fused-ring (bicyclic) bond motifs is 1. The molecule has 7 heteroatoms. The van der Waals surface area contributed by atoms with Crippen LogP contribution in [0.2, 0.25) is 0 Å². The first-order chi connectivity index (χ1) is 14.0. The Kier molecular flexibility index (Phi) is 4.35. The van der Waals surface area contributed by atoms with Crippen molar-refractivity contribution in [2.45, 2.75) is 37.0 Å². The molecule has 1 aliphatic heterocycles. The van der Waals surface area contributed by atoms with Gasteiger partial charge in [0.2, 0.25) is 0 Å². The third-order valence-electron chi connectivity index (χ3n) is 5.32. The number of hydrogen-bond donors (Lipinski definition) is 0. The van der Waals surface area contributed by atoms with E-state index in [1.807, 2.05) is 25.1 Å². The summed E-state index contributed by atoms with van der Waals surface area (Å²) in [6, 6.07) is 12.4. The number of hydrogen-bond acceptors (Lipinski definition) is 5. The molecule has 0 saturated heterocycles. The molecule has 1 fully saturated rings. The van der Waals surface area contributed by atoms with Crippen LogP contribution in [0.5, 0.6) is 5.75 Å². The fourth-order valence-electron chi connectivity index (χ4n) is 3.56. The molecule has 3 aromatic rings. The van der Waals surface area contributed by atoms with Gasteiger partial charge in [-0.15, -0.1) is 0 Å². The highest BCUT2D eigenvalue weighted by molar-refractivity contribution is 7.92. The number of rotatable bonds is 4. The van der Waals surface area contributed by atoms with E-state index in [0.717, 1.165) is 29.9 Å². The molecule has 1 aliphatic carbocycles. The maximum absolute atomic E-state index is 13.4. The number of benzene rings is 2. The van der Waals surface area contributed by atoms with Crippen molar-refractivity contribution in [2.24, 2.45) is 0 Å². The van der Waals surface area contributed by atoms with E-state index in [2.05, 4.69) is 4.98 Å². The van der Waals surface area contributed by atoms with Gasteiger partial charge in [0, 0.05) is 24.4 Å². The molecule has 0 bridgehead atoms. The summed E-state index contributed by atoms with van der Waals surface area (Å²) in [6.07, 6.45) is 4.59. The third-order valence-corrected chi connectivity index (χ3v) is 7.15. The standard InChI is InChI=1S/C22H22N2O4S/c1-15-3-10-20-19(13-15)24(11-2-12-27-20)29(25,26)18-8-6-16(7-9-18)21-14-23-22(28-21)17-4-5-17/h3,6-10,13-14,17H,2,4-5,11-12H2,1H3. The molecule has 0 atom stereocenters. The number of oxazole rings is 1. The number of ether oxygens (including phenoxy) is 1. The van der Waals surface area contributed by atoms with Gasteiger partial charge >= 0.3 is 0 Å². The number of anilines is 1. The molecular formula is C22H22N2O4S. The van der Waals surface area contributed by atoms with Crippen LogP contribution in [0.3, 0.4) is 0 Å². The van der Waals surface area contributed by atoms with E-state index in [4.69, 9.17) is 9.15 Å². The van der Waals surface area contributed by atoms with Crippen LogP contribution in [0, 0.1) is 6.92 Å². The smallest absolute Gasteiger partial charge is 0.264 e. The Labute approximate surface area is 170 Å². The average molecular weight is 410 g/mol. The fraction of sp³-hybridized carbons (Fsp3) is 0.318. The topological polar surface area (TPSA) is 72.6 Å². The van der Waals surface area contributed by atoms with Crippen LogP contribution in [-0.2, 0) is 10.0 Å². The molecule has 29 heavy (non-hydrogen) atoms. The molecule has 2 heterocycles. The molecule has 0 spiro atoms. The van der Waals surface area contributed by atoms with Gasteiger partial charge in [-0.3, -0.25) is 4.31 Å². The van der Waals surface area contributed by atoms with Gasteiger partial charge in [0.05, 0.1) is 23.4 Å². The van der Waals surface area contributed by atoms with E-state index < -0.39 is 10.0 Å². The van der Waals surface area contributed by atoms with Gasteiger partial charge in [-0.25, -0.2) is 13.4 Å². The highest BCUT2D eigenvalue weighted by Gasteiger charge is 2.30. The number of nitrogens with zero attached hydrogens (tertiary/aromatic N) is 2. The third kappa shape index (κ3) is 3.40. The van der Waals surface area contributed by atoms with Crippen LogP contribution in [0.4, 0.5) is 5.69 Å². The van der Waals surface area contributed by atoms with E-state index in [1.165, 1.54) is 4.31 Å². The Morgan fingerprint density at radius 1 is 1.10 bits per heavy atom. The second kappa shape index (κ2) is 6.91. The number of aromatic nitrogens is 1. The molecule has 0 radical (unpaired) electrons. The van der Waals surface area contributed by atoms with E-state index in [0.29, 0.717) is 42.7 Å². The molecule has 5 rings (SSSR count). The summed E-state index contributed by atoms with van der Waals surface area (Å²) in [5.74, 6) is 2.48. The molecule has 0 amide bonds. The highest BCUT2D eigenvalue weighted by atomic mass is 32.2. The molecule has 150 valence electrons. The quantitative estimate of drug-likeness (QED) is 0.633. The molecule has 0 unspecified atom stereocenters. The molecule has 2 aliphatic rings. The monoisotopic (exact) mass is 410 g/mol. The lowest BCUT2D eigenvalue weighted by Gasteiger charge is -2.24. The van der Waals surface area contributed by atoms with E-state index >= 15 is 0 Å². The van der Waals surface area contributed by atoms with Crippen LogP contribution >= 0.6 is 0 Å². The molecule has 1 aromatic heterocycles. The van der Waals surface area contributed by atoms with Crippen molar-refractivity contribution in [3.05, 3.63) is 60.1 Å². The Morgan fingerprint density at radius 2 is 1.90 bits per heavy atom. The minimum Gasteiger partial charge on any atom is -0.491 e. The van der Waals surface area contributed by atoms with Crippen LogP contribution in [-0.4, -0.2) is 26.6 Å². The predicted octanol–water partition coefficient (Wildman–Crippen LogP) is 4.51. The van der Waals surface area contributed by atoms with E-state index in [1.54, 1.807) is 30.5 Å². The van der Waals surface area contributed by atoms with Crippen molar-refractivity contribution < 1.29 is 17.6 Å². The van der Waals surface area contributed by atoms with Crippen molar-refractivity contribution in [3.8, 4) is 17.1 Å². The highest BCUT2D eigenvalue weighted by Crippen LogP contribution is 2.41.